The van der Waals surface area contributed by atoms with E-state index in [-0.39, 0.29) is 11.6 Å². The average Bonchev–Trinajstić information content (AvgIpc) is 2.57. The number of carbonyl (C=O) groups excluding carboxylic acids is 1. The van der Waals surface area contributed by atoms with Crippen LogP contribution in [0.25, 0.3) is 0 Å². The van der Waals surface area contributed by atoms with E-state index in [1.165, 1.54) is 5.56 Å². The van der Waals surface area contributed by atoms with E-state index in [0.717, 1.165) is 25.7 Å². The molecule has 0 bridgehead atoms. The van der Waals surface area contributed by atoms with Crippen LogP contribution in [0, 0.1) is 5.92 Å². The van der Waals surface area contributed by atoms with Crippen molar-refractivity contribution in [1.82, 2.24) is 0 Å². The highest BCUT2D eigenvalue weighted by Crippen LogP contribution is 2.26. The Morgan fingerprint density at radius 2 is 1.68 bits per heavy atom. The van der Waals surface area contributed by atoms with Gasteiger partial charge in [-0.3, -0.25) is 4.79 Å². The lowest BCUT2D eigenvalue weighted by Gasteiger charge is -2.32. The van der Waals surface area contributed by atoms with Crippen LogP contribution in [0.4, 0.5) is 0 Å². The van der Waals surface area contributed by atoms with Crippen LogP contribution < -0.4 is 0 Å². The fraction of sp³-hybridized carbons (Fsp3) is 0.632. The number of rotatable bonds is 9. The lowest BCUT2D eigenvalue weighted by atomic mass is 9.93. The third kappa shape index (κ3) is 5.13. The number of aliphatic hydroxyl groups is 1. The number of aliphatic hydroxyl groups excluding tert-OH is 1. The summed E-state index contributed by atoms with van der Waals surface area (Å²) in [7, 11) is 0. The quantitative estimate of drug-likeness (QED) is 0.698. The normalized spacial score (nSPS) is 14.4. The lowest BCUT2D eigenvalue weighted by Crippen LogP contribution is -2.38. The van der Waals surface area contributed by atoms with Crippen molar-refractivity contribution in [3.8, 4) is 0 Å². The molecule has 0 heterocycles. The Bertz CT molecular complexity index is 429. The zero-order valence-electron chi connectivity index (χ0n) is 14.3. The molecule has 0 saturated heterocycles. The van der Waals surface area contributed by atoms with E-state index in [1.807, 2.05) is 51.1 Å². The average molecular weight is 306 g/mol. The maximum atomic E-state index is 12.3. The Morgan fingerprint density at radius 1 is 1.14 bits per heavy atom. The first-order chi connectivity index (χ1) is 10.5. The Hall–Kier alpha value is -1.35. The molecule has 1 aromatic rings. The topological polar surface area (TPSA) is 46.5 Å². The number of hydrogen-bond acceptors (Lipinski definition) is 3. The van der Waals surface area contributed by atoms with Crippen LogP contribution in [0.15, 0.2) is 30.3 Å². The molecular formula is C19H30O3. The number of esters is 1. The molecule has 22 heavy (non-hydrogen) atoms. The molecule has 0 aliphatic carbocycles. The van der Waals surface area contributed by atoms with Gasteiger partial charge in [0.25, 0.3) is 0 Å². The minimum Gasteiger partial charge on any atom is -0.459 e. The Morgan fingerprint density at radius 3 is 2.18 bits per heavy atom. The monoisotopic (exact) mass is 306 g/mol. The van der Waals surface area contributed by atoms with E-state index in [4.69, 9.17) is 4.74 Å². The second-order valence-corrected chi connectivity index (χ2v) is 6.05. The number of benzene rings is 1. The minimum absolute atomic E-state index is 0.286. The number of hydrogen-bond donors (Lipinski definition) is 1. The molecule has 124 valence electrons. The standard InChI is InChI=1S/C19H30O3/c1-5-19(6-2,7-3)22-18(21)15(4)17(20)14-13-16-11-9-8-10-12-16/h8-12,15,17,20H,5-7,13-14H2,1-4H3/t15-,17-/m1/s1. The highest BCUT2D eigenvalue weighted by atomic mass is 16.6. The summed E-state index contributed by atoms with van der Waals surface area (Å²) >= 11 is 0. The third-order valence-electron chi connectivity index (χ3n) is 4.77. The minimum atomic E-state index is -0.670. The maximum Gasteiger partial charge on any atom is 0.311 e. The molecule has 2 atom stereocenters. The molecule has 1 aromatic carbocycles. The van der Waals surface area contributed by atoms with Gasteiger partial charge in [-0.25, -0.2) is 0 Å². The second kappa shape index (κ2) is 8.94. The molecular weight excluding hydrogens is 276 g/mol. The summed E-state index contributed by atoms with van der Waals surface area (Å²) in [4.78, 5) is 12.3. The number of aryl methyl sites for hydroxylation is 1. The van der Waals surface area contributed by atoms with Crippen molar-refractivity contribution in [2.24, 2.45) is 5.92 Å². The molecule has 0 aromatic heterocycles. The number of carbonyl (C=O) groups is 1. The van der Waals surface area contributed by atoms with Gasteiger partial charge in [0.1, 0.15) is 5.60 Å². The smallest absolute Gasteiger partial charge is 0.311 e. The van der Waals surface area contributed by atoms with E-state index in [0.29, 0.717) is 6.42 Å². The van der Waals surface area contributed by atoms with Crippen molar-refractivity contribution >= 4 is 5.97 Å². The number of ether oxygens (including phenoxy) is 1. The van der Waals surface area contributed by atoms with Crippen LogP contribution >= 0.6 is 0 Å². The first kappa shape index (κ1) is 18.7. The molecule has 0 aliphatic heterocycles. The molecule has 0 spiro atoms. The largest absolute Gasteiger partial charge is 0.459 e. The molecule has 1 N–H and O–H groups in total. The van der Waals surface area contributed by atoms with Gasteiger partial charge in [0.2, 0.25) is 0 Å². The van der Waals surface area contributed by atoms with Gasteiger partial charge in [0, 0.05) is 0 Å². The Balaban J connectivity index is 2.54. The van der Waals surface area contributed by atoms with E-state index in [2.05, 4.69) is 0 Å². The van der Waals surface area contributed by atoms with Gasteiger partial charge >= 0.3 is 5.97 Å². The van der Waals surface area contributed by atoms with Crippen LogP contribution in [0.3, 0.4) is 0 Å². The zero-order valence-corrected chi connectivity index (χ0v) is 14.3. The van der Waals surface area contributed by atoms with Gasteiger partial charge < -0.3 is 9.84 Å². The molecule has 0 saturated carbocycles. The highest BCUT2D eigenvalue weighted by Gasteiger charge is 2.32. The SMILES string of the molecule is CCC(CC)(CC)OC(=O)[C@H](C)[C@H](O)CCc1ccccc1. The fourth-order valence-corrected chi connectivity index (χ4v) is 2.64. The first-order valence-electron chi connectivity index (χ1n) is 8.42. The van der Waals surface area contributed by atoms with Crippen molar-refractivity contribution in [2.45, 2.75) is 71.5 Å². The van der Waals surface area contributed by atoms with Crippen molar-refractivity contribution in [1.29, 1.82) is 0 Å². The van der Waals surface area contributed by atoms with Crippen molar-refractivity contribution < 1.29 is 14.6 Å². The van der Waals surface area contributed by atoms with E-state index < -0.39 is 12.0 Å². The molecule has 0 amide bonds. The Labute approximate surface area is 134 Å². The van der Waals surface area contributed by atoms with Gasteiger partial charge in [-0.15, -0.1) is 0 Å². The fourth-order valence-electron chi connectivity index (χ4n) is 2.64. The molecule has 0 radical (unpaired) electrons. The van der Waals surface area contributed by atoms with Crippen LogP contribution in [0.2, 0.25) is 0 Å². The summed E-state index contributed by atoms with van der Waals surface area (Å²) in [6, 6.07) is 10.0. The summed E-state index contributed by atoms with van der Waals surface area (Å²) in [5.41, 5.74) is 0.789. The summed E-state index contributed by atoms with van der Waals surface area (Å²) in [6.07, 6.45) is 3.07. The predicted molar refractivity (Wildman–Crippen MR) is 89.6 cm³/mol. The third-order valence-corrected chi connectivity index (χ3v) is 4.77. The second-order valence-electron chi connectivity index (χ2n) is 6.05. The van der Waals surface area contributed by atoms with Gasteiger partial charge in [-0.2, -0.15) is 0 Å². The van der Waals surface area contributed by atoms with Gasteiger partial charge in [0.05, 0.1) is 12.0 Å². The molecule has 0 unspecified atom stereocenters. The lowest BCUT2D eigenvalue weighted by molar-refractivity contribution is -0.169. The van der Waals surface area contributed by atoms with Crippen LogP contribution in [0.5, 0.6) is 0 Å². The predicted octanol–water partition coefficient (Wildman–Crippen LogP) is 4.13. The van der Waals surface area contributed by atoms with Crippen LogP contribution in [-0.2, 0) is 16.0 Å². The van der Waals surface area contributed by atoms with E-state index in [1.54, 1.807) is 6.92 Å². The summed E-state index contributed by atoms with van der Waals surface area (Å²) in [5, 5.41) is 10.3. The zero-order chi connectivity index (χ0) is 16.6. The molecule has 0 aliphatic rings. The summed E-state index contributed by atoms with van der Waals surface area (Å²) in [6.45, 7) is 7.87. The Kier molecular flexibility index (Phi) is 7.60. The molecule has 1 rings (SSSR count). The van der Waals surface area contributed by atoms with Gasteiger partial charge in [0.15, 0.2) is 0 Å². The molecule has 0 fully saturated rings. The van der Waals surface area contributed by atoms with Crippen molar-refractivity contribution in [3.63, 3.8) is 0 Å². The first-order valence-corrected chi connectivity index (χ1v) is 8.42. The van der Waals surface area contributed by atoms with Crippen molar-refractivity contribution in [3.05, 3.63) is 35.9 Å². The van der Waals surface area contributed by atoms with Gasteiger partial charge in [-0.05, 0) is 44.6 Å². The summed E-state index contributed by atoms with van der Waals surface area (Å²) < 4.78 is 5.72. The summed E-state index contributed by atoms with van der Waals surface area (Å²) in [5.74, 6) is -0.779. The highest BCUT2D eigenvalue weighted by molar-refractivity contribution is 5.73. The maximum absolute atomic E-state index is 12.3. The molecule has 3 nitrogen and oxygen atoms in total. The molecule has 3 heteroatoms. The van der Waals surface area contributed by atoms with Gasteiger partial charge in [-0.1, -0.05) is 51.1 Å². The van der Waals surface area contributed by atoms with Crippen LogP contribution in [-0.4, -0.2) is 22.8 Å². The van der Waals surface area contributed by atoms with E-state index in [9.17, 15) is 9.90 Å². The van der Waals surface area contributed by atoms with Crippen molar-refractivity contribution in [2.75, 3.05) is 0 Å². The van der Waals surface area contributed by atoms with E-state index >= 15 is 0 Å². The van der Waals surface area contributed by atoms with Crippen LogP contribution in [0.1, 0.15) is 58.9 Å².